The highest BCUT2D eigenvalue weighted by atomic mass is 16.5. The summed E-state index contributed by atoms with van der Waals surface area (Å²) >= 11 is 0. The Kier molecular flexibility index (Phi) is 3.40. The largest absolute Gasteiger partial charge is 0.366 e. The molecule has 2 heteroatoms. The molecule has 6 aliphatic rings. The van der Waals surface area contributed by atoms with Crippen LogP contribution in [-0.4, -0.2) is 18.0 Å². The van der Waals surface area contributed by atoms with Crippen LogP contribution in [0.15, 0.2) is 36.5 Å². The minimum atomic E-state index is 0.0341. The summed E-state index contributed by atoms with van der Waals surface area (Å²) in [7, 11) is 0. The summed E-state index contributed by atoms with van der Waals surface area (Å²) in [6.45, 7) is 7.50. The number of hydrogen-bond donors (Lipinski definition) is 0. The van der Waals surface area contributed by atoms with E-state index in [2.05, 4.69) is 31.7 Å². The quantitative estimate of drug-likeness (QED) is 0.636. The molecule has 1 aliphatic heterocycles. The molecule has 0 amide bonds. The van der Waals surface area contributed by atoms with Gasteiger partial charge in [0, 0.05) is 11.8 Å². The van der Waals surface area contributed by atoms with Crippen LogP contribution in [0.1, 0.15) is 51.9 Å². The molecule has 9 atom stereocenters. The predicted molar refractivity (Wildman–Crippen MR) is 106 cm³/mol. The lowest BCUT2D eigenvalue weighted by molar-refractivity contribution is -0.148. The predicted octanol–water partition coefficient (Wildman–Crippen LogP) is 5.11. The summed E-state index contributed by atoms with van der Waals surface area (Å²) < 4.78 is 6.60. The van der Waals surface area contributed by atoms with E-state index in [4.69, 9.17) is 4.74 Å². The number of rotatable bonds is 2. The van der Waals surface area contributed by atoms with Gasteiger partial charge in [0.25, 0.3) is 0 Å². The number of carbonyl (C=O) groups excluding carboxylic acids is 1. The molecule has 1 heterocycles. The van der Waals surface area contributed by atoms with Crippen molar-refractivity contribution in [1.82, 2.24) is 0 Å². The Morgan fingerprint density at radius 2 is 2.22 bits per heavy atom. The van der Waals surface area contributed by atoms with Gasteiger partial charge in [-0.1, -0.05) is 30.7 Å². The molecule has 1 spiro atoms. The highest BCUT2D eigenvalue weighted by molar-refractivity contribution is 5.91. The van der Waals surface area contributed by atoms with Crippen molar-refractivity contribution in [3.05, 3.63) is 36.5 Å². The molecule has 0 N–H and O–H groups in total. The lowest BCUT2D eigenvalue weighted by Crippen LogP contribution is -2.57. The minimum Gasteiger partial charge on any atom is -0.366 e. The van der Waals surface area contributed by atoms with E-state index in [9.17, 15) is 4.79 Å². The Hall–Kier alpha value is -1.15. The first kappa shape index (κ1) is 16.8. The molecule has 0 saturated heterocycles. The average molecular weight is 365 g/mol. The number of allylic oxidation sites excluding steroid dienone is 2. The SMILES string of the molecule is C=C[C@H]1CC2=CC(=O)CC[C@@H]2C2CC[C@@]3(CC)C(C21)[C@@H]1C[C@@H]1[C@@]31C=CCO1. The van der Waals surface area contributed by atoms with Gasteiger partial charge >= 0.3 is 0 Å². The molecule has 144 valence electrons. The fourth-order valence-corrected chi connectivity index (χ4v) is 9.00. The molecule has 4 saturated carbocycles. The highest BCUT2D eigenvalue weighted by Crippen LogP contribution is 2.79. The summed E-state index contributed by atoms with van der Waals surface area (Å²) in [5.41, 5.74) is 1.83. The number of carbonyl (C=O) groups is 1. The summed E-state index contributed by atoms with van der Waals surface area (Å²) in [5.74, 6) is 5.47. The van der Waals surface area contributed by atoms with E-state index < -0.39 is 0 Å². The Morgan fingerprint density at radius 3 is 2.96 bits per heavy atom. The van der Waals surface area contributed by atoms with Gasteiger partial charge in [0.1, 0.15) is 0 Å². The molecule has 0 aromatic rings. The molecule has 5 aliphatic carbocycles. The molecule has 0 radical (unpaired) electrons. The molecule has 3 unspecified atom stereocenters. The van der Waals surface area contributed by atoms with Crippen LogP contribution >= 0.6 is 0 Å². The third-order valence-corrected chi connectivity index (χ3v) is 9.83. The van der Waals surface area contributed by atoms with E-state index >= 15 is 0 Å². The molecule has 27 heavy (non-hydrogen) atoms. The van der Waals surface area contributed by atoms with Gasteiger partial charge in [0.05, 0.1) is 12.2 Å². The lowest BCUT2D eigenvalue weighted by atomic mass is 9.46. The molecule has 0 aromatic carbocycles. The van der Waals surface area contributed by atoms with Gasteiger partial charge in [-0.05, 0) is 86.0 Å². The topological polar surface area (TPSA) is 26.3 Å². The second kappa shape index (κ2) is 5.47. The standard InChI is InChI=1S/C25H32O2/c1-3-15-12-16-13-17(26)6-7-18(16)19-8-10-24(4-2)23(22(15)19)20-14-21(20)25(24)9-5-11-27-25/h3,5,9,13,15,18-23H,1,4,6-8,10-12,14H2,2H3/t15-,18-,19?,20+,21-,22?,23?,24-,25-/m0/s1. The first-order valence-electron chi connectivity index (χ1n) is 11.3. The van der Waals surface area contributed by atoms with Gasteiger partial charge in [0.15, 0.2) is 5.78 Å². The van der Waals surface area contributed by atoms with E-state index in [-0.39, 0.29) is 5.60 Å². The van der Waals surface area contributed by atoms with Crippen molar-refractivity contribution in [3.63, 3.8) is 0 Å². The smallest absolute Gasteiger partial charge is 0.155 e. The van der Waals surface area contributed by atoms with Gasteiger partial charge in [-0.15, -0.1) is 6.58 Å². The Bertz CT molecular complexity index is 762. The zero-order valence-corrected chi connectivity index (χ0v) is 16.5. The molecule has 4 fully saturated rings. The van der Waals surface area contributed by atoms with Crippen LogP contribution in [0.25, 0.3) is 0 Å². The van der Waals surface area contributed by atoms with Crippen molar-refractivity contribution in [2.24, 2.45) is 46.8 Å². The fraction of sp³-hybridized carbons (Fsp3) is 0.720. The van der Waals surface area contributed by atoms with Gasteiger partial charge < -0.3 is 4.74 Å². The van der Waals surface area contributed by atoms with Crippen LogP contribution in [-0.2, 0) is 9.53 Å². The van der Waals surface area contributed by atoms with E-state index in [1.54, 1.807) is 0 Å². The number of ether oxygens (including phenoxy) is 1. The van der Waals surface area contributed by atoms with Crippen molar-refractivity contribution in [2.45, 2.75) is 57.5 Å². The fourth-order valence-electron chi connectivity index (χ4n) is 9.00. The third-order valence-electron chi connectivity index (χ3n) is 9.83. The average Bonchev–Trinajstić information content (AvgIpc) is 3.26. The number of ketones is 1. The first-order chi connectivity index (χ1) is 13.1. The highest BCUT2D eigenvalue weighted by Gasteiger charge is 2.77. The van der Waals surface area contributed by atoms with Crippen molar-refractivity contribution in [2.75, 3.05) is 6.61 Å². The van der Waals surface area contributed by atoms with Crippen molar-refractivity contribution in [3.8, 4) is 0 Å². The van der Waals surface area contributed by atoms with Crippen LogP contribution in [0.2, 0.25) is 0 Å². The zero-order chi connectivity index (χ0) is 18.4. The molecule has 0 bridgehead atoms. The van der Waals surface area contributed by atoms with Gasteiger partial charge in [-0.3, -0.25) is 4.79 Å². The Labute approximate surface area is 163 Å². The van der Waals surface area contributed by atoms with Crippen molar-refractivity contribution >= 4 is 5.78 Å². The normalized spacial score (nSPS) is 54.8. The second-order valence-corrected chi connectivity index (χ2v) is 10.3. The maximum absolute atomic E-state index is 12.1. The molecule has 2 nitrogen and oxygen atoms in total. The van der Waals surface area contributed by atoms with Gasteiger partial charge in [-0.2, -0.15) is 0 Å². The van der Waals surface area contributed by atoms with Gasteiger partial charge in [0.2, 0.25) is 0 Å². The maximum atomic E-state index is 12.1. The molecule has 6 rings (SSSR count). The van der Waals surface area contributed by atoms with E-state index in [1.807, 2.05) is 6.08 Å². The van der Waals surface area contributed by atoms with Crippen LogP contribution in [0.4, 0.5) is 0 Å². The number of hydrogen-bond acceptors (Lipinski definition) is 2. The van der Waals surface area contributed by atoms with Crippen LogP contribution < -0.4 is 0 Å². The number of fused-ring (bicyclic) bond motifs is 9. The summed E-state index contributed by atoms with van der Waals surface area (Å²) in [6.07, 6.45) is 17.2. The summed E-state index contributed by atoms with van der Waals surface area (Å²) in [4.78, 5) is 12.1. The second-order valence-electron chi connectivity index (χ2n) is 10.3. The van der Waals surface area contributed by atoms with Gasteiger partial charge in [-0.25, -0.2) is 0 Å². The minimum absolute atomic E-state index is 0.0341. The monoisotopic (exact) mass is 364 g/mol. The van der Waals surface area contributed by atoms with Crippen LogP contribution in [0, 0.1) is 46.8 Å². The maximum Gasteiger partial charge on any atom is 0.155 e. The zero-order valence-electron chi connectivity index (χ0n) is 16.5. The molecule has 0 aromatic heterocycles. The van der Waals surface area contributed by atoms with Crippen LogP contribution in [0.3, 0.4) is 0 Å². The van der Waals surface area contributed by atoms with E-state index in [1.165, 1.54) is 31.3 Å². The van der Waals surface area contributed by atoms with Crippen LogP contribution in [0.5, 0.6) is 0 Å². The molecular formula is C25H32O2. The van der Waals surface area contributed by atoms with Crippen molar-refractivity contribution in [1.29, 1.82) is 0 Å². The molecular weight excluding hydrogens is 332 g/mol. The Morgan fingerprint density at radius 1 is 1.33 bits per heavy atom. The Balaban J connectivity index is 1.45. The van der Waals surface area contributed by atoms with E-state index in [0.717, 1.165) is 55.5 Å². The summed E-state index contributed by atoms with van der Waals surface area (Å²) in [6, 6.07) is 0. The third kappa shape index (κ3) is 1.89. The van der Waals surface area contributed by atoms with E-state index in [0.29, 0.717) is 23.0 Å². The summed E-state index contributed by atoms with van der Waals surface area (Å²) in [5, 5.41) is 0. The first-order valence-corrected chi connectivity index (χ1v) is 11.3. The lowest BCUT2D eigenvalue weighted by Gasteiger charge is -2.60. The van der Waals surface area contributed by atoms with Crippen molar-refractivity contribution < 1.29 is 9.53 Å².